The molecule has 0 heterocycles. The lowest BCUT2D eigenvalue weighted by molar-refractivity contribution is -0.144. The lowest BCUT2D eigenvalue weighted by atomic mass is 10.0. The Balaban J connectivity index is 3.03. The SMILES string of the molecule is CC(C)C(NC(=O)C(CCCN=C(N)N)NC(=O)C(CC(=O)O)NC(=O)C(N)Cc1ccc(O)cc1)C(=O)O. The molecule has 0 aliphatic rings. The highest BCUT2D eigenvalue weighted by Crippen LogP contribution is 2.11. The molecule has 0 bridgehead atoms. The highest BCUT2D eigenvalue weighted by Gasteiger charge is 2.32. The minimum absolute atomic E-state index is 0.0209. The molecule has 15 nitrogen and oxygen atoms in total. The van der Waals surface area contributed by atoms with Gasteiger partial charge in [0.2, 0.25) is 17.7 Å². The van der Waals surface area contributed by atoms with E-state index >= 15 is 0 Å². The predicted molar refractivity (Wildman–Crippen MR) is 140 cm³/mol. The van der Waals surface area contributed by atoms with E-state index in [-0.39, 0.29) is 37.5 Å². The summed E-state index contributed by atoms with van der Waals surface area (Å²) in [5.41, 5.74) is 17.1. The molecule has 1 rings (SSSR count). The fraction of sp³-hybridized carbons (Fsp3) is 0.500. The van der Waals surface area contributed by atoms with Crippen LogP contribution in [0.5, 0.6) is 5.75 Å². The summed E-state index contributed by atoms with van der Waals surface area (Å²) in [6.07, 6.45) is -0.583. The third kappa shape index (κ3) is 12.1. The molecule has 0 radical (unpaired) electrons. The van der Waals surface area contributed by atoms with E-state index in [9.17, 15) is 39.3 Å². The first-order chi connectivity index (χ1) is 18.2. The van der Waals surface area contributed by atoms with Crippen LogP contribution in [-0.2, 0) is 30.4 Å². The number of aliphatic imine (C=N–C) groups is 1. The zero-order valence-electron chi connectivity index (χ0n) is 21.8. The van der Waals surface area contributed by atoms with Gasteiger partial charge in [-0.05, 0) is 42.9 Å². The molecule has 0 aliphatic carbocycles. The zero-order valence-corrected chi connectivity index (χ0v) is 21.8. The quantitative estimate of drug-likeness (QED) is 0.0614. The third-order valence-electron chi connectivity index (χ3n) is 5.55. The van der Waals surface area contributed by atoms with Crippen LogP contribution in [0, 0.1) is 5.92 Å². The highest BCUT2D eigenvalue weighted by molar-refractivity contribution is 5.95. The van der Waals surface area contributed by atoms with E-state index in [1.54, 1.807) is 26.0 Å². The number of aliphatic carboxylic acids is 2. The van der Waals surface area contributed by atoms with E-state index in [1.807, 2.05) is 0 Å². The van der Waals surface area contributed by atoms with Gasteiger partial charge in [-0.1, -0.05) is 26.0 Å². The zero-order chi connectivity index (χ0) is 29.7. The number of carbonyl (C=O) groups is 5. The maximum Gasteiger partial charge on any atom is 0.326 e. The van der Waals surface area contributed by atoms with Crippen molar-refractivity contribution in [3.63, 3.8) is 0 Å². The maximum absolute atomic E-state index is 13.0. The van der Waals surface area contributed by atoms with Gasteiger partial charge >= 0.3 is 11.9 Å². The van der Waals surface area contributed by atoms with E-state index in [1.165, 1.54) is 12.1 Å². The number of phenolic OH excluding ortho intramolecular Hbond substituents is 1. The Morgan fingerprint density at radius 3 is 1.97 bits per heavy atom. The predicted octanol–water partition coefficient (Wildman–Crippen LogP) is -2.01. The number of hydrogen-bond donors (Lipinski definition) is 9. The summed E-state index contributed by atoms with van der Waals surface area (Å²) < 4.78 is 0. The minimum atomic E-state index is -1.59. The molecule has 0 saturated carbocycles. The van der Waals surface area contributed by atoms with Crippen LogP contribution in [0.25, 0.3) is 0 Å². The summed E-state index contributed by atoms with van der Waals surface area (Å²) in [7, 11) is 0. The monoisotopic (exact) mass is 551 g/mol. The first-order valence-electron chi connectivity index (χ1n) is 12.2. The Kier molecular flexibility index (Phi) is 13.2. The first-order valence-corrected chi connectivity index (χ1v) is 12.2. The molecule has 0 saturated heterocycles. The molecule has 39 heavy (non-hydrogen) atoms. The van der Waals surface area contributed by atoms with Gasteiger partial charge in [0.25, 0.3) is 0 Å². The summed E-state index contributed by atoms with van der Waals surface area (Å²) in [6.45, 7) is 3.28. The number of nitrogens with two attached hydrogens (primary N) is 3. The van der Waals surface area contributed by atoms with Gasteiger partial charge < -0.3 is 48.5 Å². The maximum atomic E-state index is 13.0. The number of carboxylic acid groups (broad SMARTS) is 2. The van der Waals surface area contributed by atoms with Gasteiger partial charge in [-0.15, -0.1) is 0 Å². The van der Waals surface area contributed by atoms with Crippen molar-refractivity contribution >= 4 is 35.6 Å². The second kappa shape index (κ2) is 15.8. The number of nitrogens with zero attached hydrogens (tertiary/aromatic N) is 1. The van der Waals surface area contributed by atoms with E-state index in [0.717, 1.165) is 0 Å². The van der Waals surface area contributed by atoms with Crippen molar-refractivity contribution in [1.29, 1.82) is 0 Å². The van der Waals surface area contributed by atoms with Gasteiger partial charge in [-0.2, -0.15) is 0 Å². The van der Waals surface area contributed by atoms with Gasteiger partial charge in [-0.3, -0.25) is 24.2 Å². The number of carboxylic acids is 2. The Morgan fingerprint density at radius 2 is 1.46 bits per heavy atom. The Hall–Kier alpha value is -4.40. The topological polar surface area (TPSA) is 273 Å². The van der Waals surface area contributed by atoms with E-state index < -0.39 is 66.2 Å². The highest BCUT2D eigenvalue weighted by atomic mass is 16.4. The molecule has 0 spiro atoms. The van der Waals surface area contributed by atoms with Gasteiger partial charge in [0.1, 0.15) is 23.9 Å². The van der Waals surface area contributed by atoms with Crippen LogP contribution >= 0.6 is 0 Å². The Labute approximate surface area is 225 Å². The molecule has 3 amide bonds. The van der Waals surface area contributed by atoms with Crippen LogP contribution in [0.1, 0.15) is 38.7 Å². The minimum Gasteiger partial charge on any atom is -0.508 e. The van der Waals surface area contributed by atoms with Crippen LogP contribution in [0.3, 0.4) is 0 Å². The molecule has 1 aromatic carbocycles. The van der Waals surface area contributed by atoms with Gasteiger partial charge in [0.05, 0.1) is 12.5 Å². The van der Waals surface area contributed by atoms with Gasteiger partial charge in [-0.25, -0.2) is 4.79 Å². The summed E-state index contributed by atoms with van der Waals surface area (Å²) >= 11 is 0. The van der Waals surface area contributed by atoms with Crippen LogP contribution in [0.15, 0.2) is 29.3 Å². The van der Waals surface area contributed by atoms with Crippen LogP contribution in [0.4, 0.5) is 0 Å². The molecule has 15 heteroatoms. The molecular weight excluding hydrogens is 514 g/mol. The fourth-order valence-electron chi connectivity index (χ4n) is 3.45. The largest absolute Gasteiger partial charge is 0.508 e. The summed E-state index contributed by atoms with van der Waals surface area (Å²) in [4.78, 5) is 65.3. The van der Waals surface area contributed by atoms with Crippen molar-refractivity contribution in [3.05, 3.63) is 29.8 Å². The van der Waals surface area contributed by atoms with Gasteiger partial charge in [0, 0.05) is 6.54 Å². The number of nitrogens with one attached hydrogen (secondary N) is 3. The second-order valence-corrected chi connectivity index (χ2v) is 9.21. The van der Waals surface area contributed by atoms with Crippen molar-refractivity contribution < 1.29 is 39.3 Å². The lowest BCUT2D eigenvalue weighted by Gasteiger charge is -2.25. The average molecular weight is 552 g/mol. The third-order valence-corrected chi connectivity index (χ3v) is 5.55. The Bertz CT molecular complexity index is 1040. The standard InChI is InChI=1S/C24H37N7O8/c1-12(2)19(23(38)39)31-21(36)16(4-3-9-28-24(26)27)29-22(37)17(11-18(33)34)30-20(35)15(25)10-13-5-7-14(32)8-6-13/h5-8,12,15-17,19,32H,3-4,9-11,25H2,1-2H3,(H,29,37)(H,30,35)(H,31,36)(H,33,34)(H,38,39)(H4,26,27,28). The van der Waals surface area contributed by atoms with Crippen LogP contribution < -0.4 is 33.2 Å². The molecule has 1 aromatic rings. The lowest BCUT2D eigenvalue weighted by Crippen LogP contribution is -2.58. The summed E-state index contributed by atoms with van der Waals surface area (Å²) in [6, 6.07) is 0.649. The molecule has 12 N–H and O–H groups in total. The number of aromatic hydroxyl groups is 1. The number of phenols is 1. The molecule has 0 fully saturated rings. The van der Waals surface area contributed by atoms with Crippen molar-refractivity contribution in [2.45, 2.75) is 63.7 Å². The summed E-state index contributed by atoms with van der Waals surface area (Å²) in [5, 5.41) is 35.1. The number of amides is 3. The van der Waals surface area contributed by atoms with E-state index in [2.05, 4.69) is 20.9 Å². The Morgan fingerprint density at radius 1 is 0.897 bits per heavy atom. The number of hydrogen-bond acceptors (Lipinski definition) is 8. The number of benzene rings is 1. The molecule has 4 atom stereocenters. The van der Waals surface area contributed by atoms with Crippen molar-refractivity contribution in [1.82, 2.24) is 16.0 Å². The first kappa shape index (κ1) is 32.6. The molecule has 4 unspecified atom stereocenters. The number of carbonyl (C=O) groups excluding carboxylic acids is 3. The van der Waals surface area contributed by atoms with E-state index in [0.29, 0.717) is 5.56 Å². The smallest absolute Gasteiger partial charge is 0.326 e. The molecule has 0 aromatic heterocycles. The summed E-state index contributed by atoms with van der Waals surface area (Å²) in [5.74, 6) is -5.93. The van der Waals surface area contributed by atoms with Crippen molar-refractivity contribution in [2.75, 3.05) is 6.54 Å². The van der Waals surface area contributed by atoms with Crippen LogP contribution in [0.2, 0.25) is 0 Å². The molecular formula is C24H37N7O8. The molecule has 0 aliphatic heterocycles. The van der Waals surface area contributed by atoms with E-state index in [4.69, 9.17) is 17.2 Å². The van der Waals surface area contributed by atoms with Crippen LogP contribution in [-0.4, -0.2) is 81.7 Å². The van der Waals surface area contributed by atoms with Crippen molar-refractivity contribution in [3.8, 4) is 5.75 Å². The fourth-order valence-corrected chi connectivity index (χ4v) is 3.45. The normalized spacial score (nSPS) is 13.8. The number of guanidine groups is 1. The van der Waals surface area contributed by atoms with Crippen molar-refractivity contribution in [2.24, 2.45) is 28.1 Å². The van der Waals surface area contributed by atoms with Gasteiger partial charge in [0.15, 0.2) is 5.96 Å². The molecule has 216 valence electrons. The number of rotatable bonds is 16. The average Bonchev–Trinajstić information content (AvgIpc) is 2.84. The second-order valence-electron chi connectivity index (χ2n) is 9.21.